The summed E-state index contributed by atoms with van der Waals surface area (Å²) >= 11 is 0. The minimum atomic E-state index is -0.542. The molecule has 0 radical (unpaired) electrons. The first-order valence-electron chi connectivity index (χ1n) is 13.3. The molecule has 1 N–H and O–H groups in total. The molecule has 1 heterocycles. The molecule has 0 spiro atoms. The average molecular weight is 458 g/mol. The molecule has 184 valence electrons. The van der Waals surface area contributed by atoms with Gasteiger partial charge >= 0.3 is 0 Å². The van der Waals surface area contributed by atoms with Gasteiger partial charge in [0.1, 0.15) is 6.54 Å². The summed E-state index contributed by atoms with van der Waals surface area (Å²) in [5.41, 5.74) is 0.782. The van der Waals surface area contributed by atoms with Gasteiger partial charge in [-0.1, -0.05) is 13.8 Å². The Kier molecular flexibility index (Phi) is 6.00. The summed E-state index contributed by atoms with van der Waals surface area (Å²) in [6, 6.07) is 0. The van der Waals surface area contributed by atoms with Crippen LogP contribution in [0.3, 0.4) is 0 Å². The normalized spacial score (nSPS) is 44.7. The number of aryl methyl sites for hydroxylation is 1. The van der Waals surface area contributed by atoms with Crippen LogP contribution in [0, 0.1) is 47.3 Å². The fraction of sp³-hybridized carbons (Fsp3) is 0.889. The maximum absolute atomic E-state index is 13.4. The summed E-state index contributed by atoms with van der Waals surface area (Å²) < 4.78 is 5.29. The van der Waals surface area contributed by atoms with E-state index in [4.69, 9.17) is 4.74 Å². The van der Waals surface area contributed by atoms with E-state index in [2.05, 4.69) is 24.0 Å². The van der Waals surface area contributed by atoms with Gasteiger partial charge in [0, 0.05) is 19.6 Å². The quantitative estimate of drug-likeness (QED) is 0.676. The van der Waals surface area contributed by atoms with Gasteiger partial charge in [0.25, 0.3) is 0 Å². The van der Waals surface area contributed by atoms with Gasteiger partial charge in [0.2, 0.25) is 0 Å². The molecule has 0 saturated heterocycles. The van der Waals surface area contributed by atoms with Crippen LogP contribution in [0.5, 0.6) is 0 Å². The first-order chi connectivity index (χ1) is 15.7. The molecule has 1 aromatic rings. The largest absolute Gasteiger partial charge is 0.390 e. The summed E-state index contributed by atoms with van der Waals surface area (Å²) in [5, 5.41) is 19.8. The molecule has 8 atom stereocenters. The van der Waals surface area contributed by atoms with Crippen LogP contribution >= 0.6 is 0 Å². The molecule has 0 aliphatic heterocycles. The molecule has 6 nitrogen and oxygen atoms in total. The van der Waals surface area contributed by atoms with Crippen molar-refractivity contribution in [2.45, 2.75) is 97.1 Å². The van der Waals surface area contributed by atoms with Crippen molar-refractivity contribution in [3.63, 3.8) is 0 Å². The monoisotopic (exact) mass is 457 g/mol. The number of carbonyl (C=O) groups is 1. The molecule has 4 saturated carbocycles. The van der Waals surface area contributed by atoms with Crippen LogP contribution in [0.1, 0.15) is 83.7 Å². The highest BCUT2D eigenvalue weighted by atomic mass is 16.5. The van der Waals surface area contributed by atoms with E-state index in [0.29, 0.717) is 36.2 Å². The van der Waals surface area contributed by atoms with Crippen molar-refractivity contribution in [3.8, 4) is 0 Å². The third-order valence-electron chi connectivity index (χ3n) is 10.9. The molecule has 4 aliphatic carbocycles. The lowest BCUT2D eigenvalue weighted by Crippen LogP contribution is -2.56. The predicted octanol–water partition coefficient (Wildman–Crippen LogP) is 4.58. The van der Waals surface area contributed by atoms with Gasteiger partial charge in [-0.3, -0.25) is 4.79 Å². The number of carbonyl (C=O) groups excluding carboxylic acids is 1. The number of Topliss-reactive ketones (excluding diaryl/α,β-unsaturated/α-hetero) is 1. The zero-order valence-corrected chi connectivity index (χ0v) is 21.1. The number of methoxy groups -OCH3 is 1. The fourth-order valence-corrected chi connectivity index (χ4v) is 9.08. The second-order valence-corrected chi connectivity index (χ2v) is 12.5. The highest BCUT2D eigenvalue weighted by molar-refractivity contribution is 5.82. The summed E-state index contributed by atoms with van der Waals surface area (Å²) in [5.74, 6) is 3.22. The Labute approximate surface area is 198 Å². The Balaban J connectivity index is 1.30. The number of fused-ring (bicyclic) bond motifs is 5. The van der Waals surface area contributed by atoms with E-state index in [1.807, 2.05) is 6.92 Å². The second kappa shape index (κ2) is 8.44. The fourth-order valence-electron chi connectivity index (χ4n) is 9.08. The summed E-state index contributed by atoms with van der Waals surface area (Å²) in [6.07, 6.45) is 12.6. The molecule has 4 fully saturated rings. The number of nitrogens with zero attached hydrogens (tertiary/aromatic N) is 3. The Morgan fingerprint density at radius 3 is 2.64 bits per heavy atom. The van der Waals surface area contributed by atoms with Gasteiger partial charge in [0.05, 0.1) is 17.5 Å². The van der Waals surface area contributed by atoms with Crippen molar-refractivity contribution >= 4 is 5.78 Å². The highest BCUT2D eigenvalue weighted by Crippen LogP contribution is 2.68. The lowest BCUT2D eigenvalue weighted by atomic mass is 9.43. The van der Waals surface area contributed by atoms with Crippen LogP contribution in [0.2, 0.25) is 0 Å². The molecule has 5 rings (SSSR count). The van der Waals surface area contributed by atoms with Crippen LogP contribution in [0.4, 0.5) is 0 Å². The number of ether oxygens (including phenoxy) is 1. The van der Waals surface area contributed by atoms with Crippen molar-refractivity contribution in [2.24, 2.45) is 40.4 Å². The maximum Gasteiger partial charge on any atom is 0.159 e. The van der Waals surface area contributed by atoms with Gasteiger partial charge < -0.3 is 9.84 Å². The molecular weight excluding hydrogens is 414 g/mol. The second-order valence-electron chi connectivity index (χ2n) is 12.5. The Morgan fingerprint density at radius 2 is 1.91 bits per heavy atom. The van der Waals surface area contributed by atoms with Gasteiger partial charge in [-0.15, -0.1) is 0 Å². The molecule has 0 bridgehead atoms. The number of aromatic nitrogens is 3. The SMILES string of the molecule is COCC[C@@]1(O)CC[C@@]2(C)[C@@H](CC[C@@H]3[C@@H]2CC[C@]2(C)[C@@H](C(=O)Cn4ncc(C)n4)CC[C@@H]32)C1. The third-order valence-corrected chi connectivity index (χ3v) is 10.9. The lowest BCUT2D eigenvalue weighted by molar-refractivity contribution is -0.157. The van der Waals surface area contributed by atoms with E-state index < -0.39 is 5.60 Å². The number of ketones is 1. The standard InChI is InChI=1S/C27H43N3O3/c1-18-16-28-30(29-18)17-24(31)23-8-7-21-20-6-5-19-15-27(32,13-14-33-4)12-11-25(19,2)22(20)9-10-26(21,23)3/h16,19-23,32H,5-15,17H2,1-4H3/t19-,20-,21-,22-,23+,25-,26-,27-/m0/s1. The van der Waals surface area contributed by atoms with Crippen molar-refractivity contribution in [3.05, 3.63) is 11.9 Å². The number of rotatable bonds is 6. The van der Waals surface area contributed by atoms with E-state index in [1.165, 1.54) is 25.7 Å². The van der Waals surface area contributed by atoms with Crippen LogP contribution < -0.4 is 0 Å². The average Bonchev–Trinajstić information content (AvgIpc) is 3.35. The van der Waals surface area contributed by atoms with Gasteiger partial charge in [0.15, 0.2) is 5.78 Å². The number of aliphatic hydroxyl groups is 1. The first-order valence-corrected chi connectivity index (χ1v) is 13.3. The molecular formula is C27H43N3O3. The minimum absolute atomic E-state index is 0.123. The zero-order valence-electron chi connectivity index (χ0n) is 21.1. The van der Waals surface area contributed by atoms with Gasteiger partial charge in [-0.05, 0) is 106 Å². The van der Waals surface area contributed by atoms with Crippen molar-refractivity contribution < 1.29 is 14.6 Å². The van der Waals surface area contributed by atoms with E-state index in [0.717, 1.165) is 56.1 Å². The molecule has 0 amide bonds. The summed E-state index contributed by atoms with van der Waals surface area (Å²) in [4.78, 5) is 14.9. The van der Waals surface area contributed by atoms with Crippen molar-refractivity contribution in [1.82, 2.24) is 15.0 Å². The Morgan fingerprint density at radius 1 is 1.12 bits per heavy atom. The lowest BCUT2D eigenvalue weighted by Gasteiger charge is -2.62. The van der Waals surface area contributed by atoms with Crippen LogP contribution in [0.15, 0.2) is 6.20 Å². The van der Waals surface area contributed by atoms with E-state index in [-0.39, 0.29) is 11.3 Å². The zero-order chi connectivity index (χ0) is 23.4. The van der Waals surface area contributed by atoms with Gasteiger partial charge in [-0.25, -0.2) is 0 Å². The van der Waals surface area contributed by atoms with Crippen LogP contribution in [-0.2, 0) is 16.1 Å². The van der Waals surface area contributed by atoms with Crippen molar-refractivity contribution in [1.29, 1.82) is 0 Å². The molecule has 4 aliphatic rings. The van der Waals surface area contributed by atoms with E-state index in [9.17, 15) is 9.90 Å². The summed E-state index contributed by atoms with van der Waals surface area (Å²) in [6.45, 7) is 7.84. The minimum Gasteiger partial charge on any atom is -0.390 e. The Bertz CT molecular complexity index is 886. The topological polar surface area (TPSA) is 77.2 Å². The number of hydrogen-bond acceptors (Lipinski definition) is 5. The van der Waals surface area contributed by atoms with E-state index >= 15 is 0 Å². The summed E-state index contributed by atoms with van der Waals surface area (Å²) in [7, 11) is 1.73. The first kappa shape index (κ1) is 23.5. The smallest absolute Gasteiger partial charge is 0.159 e. The van der Waals surface area contributed by atoms with Crippen LogP contribution in [0.25, 0.3) is 0 Å². The molecule has 0 aromatic carbocycles. The van der Waals surface area contributed by atoms with Crippen molar-refractivity contribution in [2.75, 3.05) is 13.7 Å². The molecule has 0 unspecified atom stereocenters. The predicted molar refractivity (Wildman–Crippen MR) is 126 cm³/mol. The molecule has 1 aromatic heterocycles. The highest BCUT2D eigenvalue weighted by Gasteiger charge is 2.62. The molecule has 6 heteroatoms. The van der Waals surface area contributed by atoms with Crippen LogP contribution in [-0.4, -0.2) is 45.2 Å². The van der Waals surface area contributed by atoms with Gasteiger partial charge in [-0.2, -0.15) is 15.0 Å². The number of hydrogen-bond donors (Lipinski definition) is 1. The Hall–Kier alpha value is -1.27. The third kappa shape index (κ3) is 3.89. The van der Waals surface area contributed by atoms with E-state index in [1.54, 1.807) is 18.1 Å². The maximum atomic E-state index is 13.4. The molecule has 33 heavy (non-hydrogen) atoms.